The lowest BCUT2D eigenvalue weighted by Crippen LogP contribution is -1.97. The van der Waals surface area contributed by atoms with Gasteiger partial charge >= 0.3 is 0 Å². The van der Waals surface area contributed by atoms with Crippen LogP contribution >= 0.6 is 11.8 Å². The molecule has 0 radical (unpaired) electrons. The van der Waals surface area contributed by atoms with Crippen LogP contribution in [0.2, 0.25) is 0 Å². The van der Waals surface area contributed by atoms with Crippen molar-refractivity contribution in [2.45, 2.75) is 30.9 Å². The van der Waals surface area contributed by atoms with Gasteiger partial charge in [0, 0.05) is 17.8 Å². The molecular weight excluding hydrogens is 182 g/mol. The molecule has 1 fully saturated rings. The van der Waals surface area contributed by atoms with Crippen molar-refractivity contribution < 1.29 is 4.74 Å². The summed E-state index contributed by atoms with van der Waals surface area (Å²) in [5, 5.41) is 1.04. The number of hydrogen-bond donors (Lipinski definition) is 0. The van der Waals surface area contributed by atoms with E-state index in [9.17, 15) is 0 Å². The van der Waals surface area contributed by atoms with E-state index in [0.29, 0.717) is 6.10 Å². The fraction of sp³-hybridized carbons (Fsp3) is 0.500. The van der Waals surface area contributed by atoms with Crippen LogP contribution in [0.5, 0.6) is 5.75 Å². The van der Waals surface area contributed by atoms with Crippen molar-refractivity contribution in [2.24, 2.45) is 0 Å². The first-order valence-electron chi connectivity index (χ1n) is 4.47. The van der Waals surface area contributed by atoms with Gasteiger partial charge in [0.1, 0.15) is 5.75 Å². The van der Waals surface area contributed by atoms with Crippen molar-refractivity contribution in [3.8, 4) is 5.75 Å². The SMILES string of the molecule is CSc1cc(OC2CC2)cc(C)n1. The van der Waals surface area contributed by atoms with Crippen molar-refractivity contribution in [1.29, 1.82) is 0 Å². The molecule has 2 nitrogen and oxygen atoms in total. The third-order valence-corrected chi connectivity index (χ3v) is 2.57. The van der Waals surface area contributed by atoms with Crippen LogP contribution in [0.3, 0.4) is 0 Å². The second-order valence-electron chi connectivity index (χ2n) is 3.30. The average molecular weight is 195 g/mol. The topological polar surface area (TPSA) is 22.1 Å². The number of aromatic nitrogens is 1. The molecule has 1 aliphatic carbocycles. The molecule has 1 aliphatic rings. The number of ether oxygens (including phenoxy) is 1. The maximum Gasteiger partial charge on any atom is 0.124 e. The Morgan fingerprint density at radius 1 is 1.46 bits per heavy atom. The predicted octanol–water partition coefficient (Wildman–Crippen LogP) is 2.65. The lowest BCUT2D eigenvalue weighted by atomic mass is 10.3. The number of pyridine rings is 1. The van der Waals surface area contributed by atoms with Gasteiger partial charge in [0.2, 0.25) is 0 Å². The van der Waals surface area contributed by atoms with Gasteiger partial charge < -0.3 is 4.74 Å². The monoisotopic (exact) mass is 195 g/mol. The largest absolute Gasteiger partial charge is 0.490 e. The molecule has 0 amide bonds. The lowest BCUT2D eigenvalue weighted by Gasteiger charge is -2.06. The zero-order valence-corrected chi connectivity index (χ0v) is 8.73. The molecular formula is C10H13NOS. The van der Waals surface area contributed by atoms with E-state index >= 15 is 0 Å². The summed E-state index contributed by atoms with van der Waals surface area (Å²) in [5.41, 5.74) is 1.03. The average Bonchev–Trinajstić information content (AvgIpc) is 2.87. The number of thioether (sulfide) groups is 1. The molecule has 2 rings (SSSR count). The highest BCUT2D eigenvalue weighted by Gasteiger charge is 2.23. The fourth-order valence-electron chi connectivity index (χ4n) is 1.16. The van der Waals surface area contributed by atoms with Crippen molar-refractivity contribution in [1.82, 2.24) is 4.98 Å². The van der Waals surface area contributed by atoms with Crippen LogP contribution in [0, 0.1) is 6.92 Å². The summed E-state index contributed by atoms with van der Waals surface area (Å²) >= 11 is 1.65. The van der Waals surface area contributed by atoms with Crippen molar-refractivity contribution in [2.75, 3.05) is 6.26 Å². The molecule has 0 atom stereocenters. The van der Waals surface area contributed by atoms with Crippen molar-refractivity contribution >= 4 is 11.8 Å². The van der Waals surface area contributed by atoms with Gasteiger partial charge in [-0.15, -0.1) is 11.8 Å². The first kappa shape index (κ1) is 8.88. The summed E-state index contributed by atoms with van der Waals surface area (Å²) in [7, 11) is 0. The molecule has 0 unspecified atom stereocenters. The van der Waals surface area contributed by atoms with Crippen LogP contribution in [-0.2, 0) is 0 Å². The Morgan fingerprint density at radius 2 is 2.23 bits per heavy atom. The second kappa shape index (κ2) is 3.58. The van der Waals surface area contributed by atoms with Crippen LogP contribution in [0.1, 0.15) is 18.5 Å². The van der Waals surface area contributed by atoms with Gasteiger partial charge in [0.25, 0.3) is 0 Å². The molecule has 3 heteroatoms. The molecule has 1 heterocycles. The number of hydrogen-bond acceptors (Lipinski definition) is 3. The zero-order valence-electron chi connectivity index (χ0n) is 7.91. The molecule has 1 aromatic rings. The summed E-state index contributed by atoms with van der Waals surface area (Å²) in [6.45, 7) is 2.00. The minimum absolute atomic E-state index is 0.469. The van der Waals surface area contributed by atoms with Crippen molar-refractivity contribution in [3.63, 3.8) is 0 Å². The van der Waals surface area contributed by atoms with E-state index < -0.39 is 0 Å². The Bertz CT molecular complexity index is 310. The maximum atomic E-state index is 5.70. The van der Waals surface area contributed by atoms with Gasteiger partial charge in [-0.1, -0.05) is 0 Å². The Morgan fingerprint density at radius 3 is 2.85 bits per heavy atom. The molecule has 0 bridgehead atoms. The summed E-state index contributed by atoms with van der Waals surface area (Å²) in [4.78, 5) is 4.36. The summed E-state index contributed by atoms with van der Waals surface area (Å²) < 4.78 is 5.70. The zero-order chi connectivity index (χ0) is 9.26. The molecule has 1 saturated carbocycles. The third-order valence-electron chi connectivity index (χ3n) is 1.94. The molecule has 1 aromatic heterocycles. The van der Waals surface area contributed by atoms with E-state index in [1.807, 2.05) is 25.3 Å². The Kier molecular flexibility index (Phi) is 2.44. The van der Waals surface area contributed by atoms with E-state index in [0.717, 1.165) is 16.5 Å². The van der Waals surface area contributed by atoms with Gasteiger partial charge in [0.15, 0.2) is 0 Å². The van der Waals surface area contributed by atoms with Gasteiger partial charge in [-0.25, -0.2) is 4.98 Å². The quantitative estimate of drug-likeness (QED) is 0.692. The predicted molar refractivity (Wildman–Crippen MR) is 54.4 cm³/mol. The Labute approximate surface area is 82.7 Å². The minimum atomic E-state index is 0.469. The van der Waals surface area contributed by atoms with Crippen molar-refractivity contribution in [3.05, 3.63) is 17.8 Å². The van der Waals surface area contributed by atoms with Gasteiger partial charge in [-0.2, -0.15) is 0 Å². The van der Waals surface area contributed by atoms with Crippen LogP contribution in [-0.4, -0.2) is 17.3 Å². The first-order chi connectivity index (χ1) is 6.28. The first-order valence-corrected chi connectivity index (χ1v) is 5.70. The highest BCUT2D eigenvalue weighted by molar-refractivity contribution is 7.98. The molecule has 0 aromatic carbocycles. The minimum Gasteiger partial charge on any atom is -0.490 e. The maximum absolute atomic E-state index is 5.70. The second-order valence-corrected chi connectivity index (χ2v) is 4.13. The van der Waals surface area contributed by atoms with Crippen LogP contribution in [0.4, 0.5) is 0 Å². The molecule has 0 N–H and O–H groups in total. The summed E-state index contributed by atoms with van der Waals surface area (Å²) in [6.07, 6.45) is 4.91. The Hall–Kier alpha value is -0.700. The van der Waals surface area contributed by atoms with Crippen LogP contribution < -0.4 is 4.74 Å². The standard InChI is InChI=1S/C10H13NOS/c1-7-5-9(12-8-3-4-8)6-10(11-7)13-2/h5-6,8H,3-4H2,1-2H3. The number of aryl methyl sites for hydroxylation is 1. The highest BCUT2D eigenvalue weighted by atomic mass is 32.2. The Balaban J connectivity index is 2.17. The third kappa shape index (κ3) is 2.37. The van der Waals surface area contributed by atoms with Gasteiger partial charge in [-0.05, 0) is 26.0 Å². The fourth-order valence-corrected chi connectivity index (χ4v) is 1.63. The molecule has 70 valence electrons. The normalized spacial score (nSPS) is 15.8. The van der Waals surface area contributed by atoms with E-state index in [2.05, 4.69) is 4.98 Å². The van der Waals surface area contributed by atoms with Crippen LogP contribution in [0.15, 0.2) is 17.2 Å². The lowest BCUT2D eigenvalue weighted by molar-refractivity contribution is 0.301. The summed E-state index contributed by atoms with van der Waals surface area (Å²) in [5.74, 6) is 0.972. The summed E-state index contributed by atoms with van der Waals surface area (Å²) in [6, 6.07) is 4.01. The van der Waals surface area contributed by atoms with E-state index in [4.69, 9.17) is 4.74 Å². The van der Waals surface area contributed by atoms with Crippen LogP contribution in [0.25, 0.3) is 0 Å². The molecule has 0 aliphatic heterocycles. The van der Waals surface area contributed by atoms with E-state index in [1.165, 1.54) is 12.8 Å². The smallest absolute Gasteiger partial charge is 0.124 e. The molecule has 0 spiro atoms. The molecule has 0 saturated heterocycles. The van der Waals surface area contributed by atoms with E-state index in [1.54, 1.807) is 11.8 Å². The van der Waals surface area contributed by atoms with Gasteiger partial charge in [-0.3, -0.25) is 0 Å². The van der Waals surface area contributed by atoms with E-state index in [-0.39, 0.29) is 0 Å². The molecule has 13 heavy (non-hydrogen) atoms. The highest BCUT2D eigenvalue weighted by Crippen LogP contribution is 2.28. The number of rotatable bonds is 3. The number of nitrogens with zero attached hydrogens (tertiary/aromatic N) is 1. The van der Waals surface area contributed by atoms with Gasteiger partial charge in [0.05, 0.1) is 11.1 Å².